The number of benzene rings is 1. The maximum Gasteiger partial charge on any atom is 0.223 e. The fourth-order valence-electron chi connectivity index (χ4n) is 3.64. The lowest BCUT2D eigenvalue weighted by molar-refractivity contribution is -0.133. The van der Waals surface area contributed by atoms with E-state index in [2.05, 4.69) is 10.2 Å². The molecule has 2 unspecified atom stereocenters. The summed E-state index contributed by atoms with van der Waals surface area (Å²) in [6, 6.07) is 5.64. The molecule has 0 aliphatic carbocycles. The molecule has 2 atom stereocenters. The van der Waals surface area contributed by atoms with E-state index in [9.17, 15) is 9.18 Å². The van der Waals surface area contributed by atoms with Crippen LogP contribution in [-0.2, 0) is 11.2 Å². The van der Waals surface area contributed by atoms with Crippen LogP contribution in [0.2, 0.25) is 0 Å². The van der Waals surface area contributed by atoms with Crippen molar-refractivity contribution in [3.63, 3.8) is 0 Å². The van der Waals surface area contributed by atoms with E-state index in [-0.39, 0.29) is 29.9 Å². The van der Waals surface area contributed by atoms with Crippen molar-refractivity contribution < 1.29 is 13.9 Å². The van der Waals surface area contributed by atoms with Crippen LogP contribution in [0, 0.1) is 5.82 Å². The fourth-order valence-corrected chi connectivity index (χ4v) is 3.64. The number of fused-ring (bicyclic) bond motifs is 2. The lowest BCUT2D eigenvalue weighted by atomic mass is 10.1. The Morgan fingerprint density at radius 1 is 1.35 bits per heavy atom. The number of rotatable bonds is 4. The molecule has 6 heteroatoms. The van der Waals surface area contributed by atoms with Gasteiger partial charge in [0.2, 0.25) is 5.91 Å². The molecule has 1 aromatic carbocycles. The molecule has 4 nitrogen and oxygen atoms in total. The lowest BCUT2D eigenvalue weighted by Gasteiger charge is -2.28. The third-order valence-corrected chi connectivity index (χ3v) is 4.79. The summed E-state index contributed by atoms with van der Waals surface area (Å²) < 4.78 is 18.6. The zero-order valence-electron chi connectivity index (χ0n) is 13.4. The molecular weight excluding hydrogens is 319 g/mol. The van der Waals surface area contributed by atoms with Crippen LogP contribution < -0.4 is 10.1 Å². The average Bonchev–Trinajstić information content (AvgIpc) is 2.78. The molecule has 23 heavy (non-hydrogen) atoms. The molecule has 128 valence electrons. The maximum absolute atomic E-state index is 13.7. The second-order valence-corrected chi connectivity index (χ2v) is 6.15. The van der Waals surface area contributed by atoms with Gasteiger partial charge in [-0.2, -0.15) is 0 Å². The molecule has 2 saturated heterocycles. The molecule has 0 radical (unpaired) electrons. The minimum atomic E-state index is -0.369. The predicted molar refractivity (Wildman–Crippen MR) is 89.7 cm³/mol. The van der Waals surface area contributed by atoms with Gasteiger partial charge in [-0.05, 0) is 49.9 Å². The summed E-state index contributed by atoms with van der Waals surface area (Å²) in [5, 5.41) is 3.40. The summed E-state index contributed by atoms with van der Waals surface area (Å²) in [6.07, 6.45) is 4.27. The SMILES string of the molecule is COc1ccc(CCC(=O)N2C3CCNCC2CC3)cc1F.Cl. The molecule has 1 aromatic rings. The second kappa shape index (κ2) is 7.97. The zero-order valence-corrected chi connectivity index (χ0v) is 14.2. The summed E-state index contributed by atoms with van der Waals surface area (Å²) >= 11 is 0. The van der Waals surface area contributed by atoms with Crippen LogP contribution >= 0.6 is 12.4 Å². The van der Waals surface area contributed by atoms with Crippen LogP contribution in [0.15, 0.2) is 18.2 Å². The molecule has 2 fully saturated rings. The Balaban J connectivity index is 0.00000192. The van der Waals surface area contributed by atoms with Gasteiger partial charge in [-0.3, -0.25) is 4.79 Å². The molecule has 1 N–H and O–H groups in total. The van der Waals surface area contributed by atoms with E-state index in [1.807, 2.05) is 6.07 Å². The van der Waals surface area contributed by atoms with Gasteiger partial charge in [0.05, 0.1) is 7.11 Å². The van der Waals surface area contributed by atoms with Crippen molar-refractivity contribution in [1.29, 1.82) is 0 Å². The molecule has 2 aliphatic rings. The van der Waals surface area contributed by atoms with Crippen molar-refractivity contribution in [2.75, 3.05) is 20.2 Å². The van der Waals surface area contributed by atoms with E-state index in [0.717, 1.165) is 37.9 Å². The van der Waals surface area contributed by atoms with Gasteiger partial charge in [0.1, 0.15) is 0 Å². The largest absolute Gasteiger partial charge is 0.494 e. The van der Waals surface area contributed by atoms with Crippen LogP contribution in [0.4, 0.5) is 4.39 Å². The highest BCUT2D eigenvalue weighted by Crippen LogP contribution is 2.29. The molecular formula is C17H24ClFN2O2. The lowest BCUT2D eigenvalue weighted by Crippen LogP contribution is -2.42. The molecule has 0 aromatic heterocycles. The number of nitrogens with one attached hydrogen (secondary N) is 1. The van der Waals surface area contributed by atoms with Gasteiger partial charge >= 0.3 is 0 Å². The monoisotopic (exact) mass is 342 g/mol. The Morgan fingerprint density at radius 2 is 2.13 bits per heavy atom. The van der Waals surface area contributed by atoms with E-state index in [1.54, 1.807) is 6.07 Å². The molecule has 0 saturated carbocycles. The van der Waals surface area contributed by atoms with E-state index < -0.39 is 0 Å². The first-order chi connectivity index (χ1) is 10.7. The summed E-state index contributed by atoms with van der Waals surface area (Å²) in [5.41, 5.74) is 0.840. The average molecular weight is 343 g/mol. The third kappa shape index (κ3) is 3.96. The number of methoxy groups -OCH3 is 1. The first-order valence-corrected chi connectivity index (χ1v) is 8.03. The molecule has 3 rings (SSSR count). The highest BCUT2D eigenvalue weighted by molar-refractivity contribution is 5.85. The Hall–Kier alpha value is -1.33. The van der Waals surface area contributed by atoms with E-state index in [1.165, 1.54) is 13.2 Å². The van der Waals surface area contributed by atoms with Crippen molar-refractivity contribution in [2.45, 2.75) is 44.2 Å². The molecule has 1 amide bonds. The first kappa shape index (κ1) is 18.0. The number of hydrogen-bond donors (Lipinski definition) is 1. The molecule has 2 bridgehead atoms. The van der Waals surface area contributed by atoms with Gasteiger partial charge in [0, 0.05) is 25.0 Å². The zero-order chi connectivity index (χ0) is 15.5. The predicted octanol–water partition coefficient (Wildman–Crippen LogP) is 2.54. The number of ether oxygens (including phenoxy) is 1. The van der Waals surface area contributed by atoms with Gasteiger partial charge < -0.3 is 15.0 Å². The van der Waals surface area contributed by atoms with Gasteiger partial charge in [-0.1, -0.05) is 6.07 Å². The van der Waals surface area contributed by atoms with Crippen molar-refractivity contribution in [3.8, 4) is 5.75 Å². The van der Waals surface area contributed by atoms with Crippen LogP contribution in [-0.4, -0.2) is 43.1 Å². The van der Waals surface area contributed by atoms with Crippen molar-refractivity contribution in [1.82, 2.24) is 10.2 Å². The number of carbonyl (C=O) groups is 1. The Morgan fingerprint density at radius 3 is 2.87 bits per heavy atom. The van der Waals surface area contributed by atoms with Gasteiger partial charge in [-0.25, -0.2) is 4.39 Å². The van der Waals surface area contributed by atoms with E-state index in [0.29, 0.717) is 24.9 Å². The summed E-state index contributed by atoms with van der Waals surface area (Å²) in [4.78, 5) is 14.7. The van der Waals surface area contributed by atoms with Gasteiger partial charge in [0.15, 0.2) is 11.6 Å². The van der Waals surface area contributed by atoms with Crippen molar-refractivity contribution in [2.24, 2.45) is 0 Å². The highest BCUT2D eigenvalue weighted by atomic mass is 35.5. The standard InChI is InChI=1S/C17H23FN2O2.ClH/c1-22-16-6-2-12(10-15(16)18)3-7-17(21)20-13-4-5-14(20)11-19-9-8-13;/h2,6,10,13-14,19H,3-5,7-9,11H2,1H3;1H. The quantitative estimate of drug-likeness (QED) is 0.914. The third-order valence-electron chi connectivity index (χ3n) is 4.79. The number of halogens is 2. The van der Waals surface area contributed by atoms with Crippen LogP contribution in [0.1, 0.15) is 31.2 Å². The second-order valence-electron chi connectivity index (χ2n) is 6.15. The number of amides is 1. The Labute approximate surface area is 142 Å². The Bertz CT molecular complexity index is 541. The minimum Gasteiger partial charge on any atom is -0.494 e. The smallest absolute Gasteiger partial charge is 0.223 e. The van der Waals surface area contributed by atoms with E-state index >= 15 is 0 Å². The van der Waals surface area contributed by atoms with Crippen LogP contribution in [0.5, 0.6) is 5.75 Å². The van der Waals surface area contributed by atoms with Gasteiger partial charge in [0.25, 0.3) is 0 Å². The molecule has 2 aliphatic heterocycles. The topological polar surface area (TPSA) is 41.6 Å². The van der Waals surface area contributed by atoms with Gasteiger partial charge in [-0.15, -0.1) is 12.4 Å². The number of hydrogen-bond acceptors (Lipinski definition) is 3. The minimum absolute atomic E-state index is 0. The van der Waals surface area contributed by atoms with Crippen molar-refractivity contribution >= 4 is 18.3 Å². The van der Waals surface area contributed by atoms with E-state index in [4.69, 9.17) is 4.74 Å². The summed E-state index contributed by atoms with van der Waals surface area (Å²) in [5.74, 6) is 0.0747. The molecule has 0 spiro atoms. The molecule has 2 heterocycles. The van der Waals surface area contributed by atoms with Crippen LogP contribution in [0.3, 0.4) is 0 Å². The highest BCUT2D eigenvalue weighted by Gasteiger charge is 2.37. The first-order valence-electron chi connectivity index (χ1n) is 8.03. The normalized spacial score (nSPS) is 23.1. The number of carbonyl (C=O) groups excluding carboxylic acids is 1. The fraction of sp³-hybridized carbons (Fsp3) is 0.588. The summed E-state index contributed by atoms with van der Waals surface area (Å²) in [6.45, 7) is 1.90. The number of aryl methyl sites for hydroxylation is 1. The summed E-state index contributed by atoms with van der Waals surface area (Å²) in [7, 11) is 1.45. The Kier molecular flexibility index (Phi) is 6.25. The number of nitrogens with zero attached hydrogens (tertiary/aromatic N) is 1. The maximum atomic E-state index is 13.7. The van der Waals surface area contributed by atoms with Crippen molar-refractivity contribution in [3.05, 3.63) is 29.6 Å². The van der Waals surface area contributed by atoms with Crippen LogP contribution in [0.25, 0.3) is 0 Å².